The number of hydrogen-bond acceptors (Lipinski definition) is 7. The van der Waals surface area contributed by atoms with Crippen LogP contribution in [0.1, 0.15) is 38.9 Å². The summed E-state index contributed by atoms with van der Waals surface area (Å²) in [5.41, 5.74) is 3.42. The van der Waals surface area contributed by atoms with Gasteiger partial charge in [0.05, 0.1) is 17.0 Å². The zero-order chi connectivity index (χ0) is 25.7. The van der Waals surface area contributed by atoms with Gasteiger partial charge in [0.1, 0.15) is 5.58 Å². The number of aryl methyl sites for hydroxylation is 1. The maximum atomic E-state index is 13.7. The smallest absolute Gasteiger partial charge is 0.297 e. The largest absolute Gasteiger partial charge is 0.450 e. The lowest BCUT2D eigenvalue weighted by molar-refractivity contribution is 0.0970. The minimum absolute atomic E-state index is 0.0109. The minimum atomic E-state index is -0.710. The molecule has 2 aromatic heterocycles. The predicted octanol–water partition coefficient (Wildman–Crippen LogP) is 7.41. The third-order valence-corrected chi connectivity index (χ3v) is 8.99. The van der Waals surface area contributed by atoms with Crippen LogP contribution in [0.5, 0.6) is 0 Å². The molecular formula is C27H17BrClN3O3S2. The summed E-state index contributed by atoms with van der Waals surface area (Å²) in [5.74, 6) is 0.311. The molecule has 184 valence electrons. The van der Waals surface area contributed by atoms with Gasteiger partial charge in [0.15, 0.2) is 9.77 Å². The number of nitrogens with zero attached hydrogens (tertiary/aromatic N) is 3. The molecule has 0 saturated heterocycles. The van der Waals surface area contributed by atoms with Gasteiger partial charge in [0.2, 0.25) is 10.9 Å². The molecule has 10 heteroatoms. The second-order valence-corrected chi connectivity index (χ2v) is 12.1. The lowest BCUT2D eigenvalue weighted by Crippen LogP contribution is -2.29. The van der Waals surface area contributed by atoms with Gasteiger partial charge in [-0.2, -0.15) is 0 Å². The highest BCUT2D eigenvalue weighted by atomic mass is 79.9. The number of amides is 1. The fraction of sp³-hybridized carbons (Fsp3) is 0.111. The van der Waals surface area contributed by atoms with E-state index in [0.717, 1.165) is 20.1 Å². The Morgan fingerprint density at radius 2 is 1.81 bits per heavy atom. The predicted molar refractivity (Wildman–Crippen MR) is 151 cm³/mol. The van der Waals surface area contributed by atoms with Crippen molar-refractivity contribution in [1.82, 2.24) is 10.2 Å². The highest BCUT2D eigenvalue weighted by molar-refractivity contribution is 9.10. The molecule has 3 aromatic carbocycles. The Morgan fingerprint density at radius 3 is 2.57 bits per heavy atom. The van der Waals surface area contributed by atoms with E-state index in [-0.39, 0.29) is 16.8 Å². The number of aromatic nitrogens is 2. The quantitative estimate of drug-likeness (QED) is 0.152. The first-order valence-corrected chi connectivity index (χ1v) is 14.2. The van der Waals surface area contributed by atoms with E-state index in [1.165, 1.54) is 27.4 Å². The van der Waals surface area contributed by atoms with Gasteiger partial charge in [-0.25, -0.2) is 0 Å². The molecule has 0 spiro atoms. The molecular weight excluding hydrogens is 594 g/mol. The molecule has 1 aliphatic rings. The first-order valence-electron chi connectivity index (χ1n) is 11.3. The first-order chi connectivity index (χ1) is 17.9. The highest BCUT2D eigenvalue weighted by Crippen LogP contribution is 2.43. The molecule has 6 nitrogen and oxygen atoms in total. The number of carbonyl (C=O) groups is 1. The molecule has 1 atom stereocenters. The molecule has 37 heavy (non-hydrogen) atoms. The third kappa shape index (κ3) is 4.50. The summed E-state index contributed by atoms with van der Waals surface area (Å²) in [5, 5.41) is 9.81. The molecule has 0 fully saturated rings. The average molecular weight is 611 g/mol. The Labute approximate surface area is 233 Å². The van der Waals surface area contributed by atoms with Crippen molar-refractivity contribution < 1.29 is 9.21 Å². The summed E-state index contributed by atoms with van der Waals surface area (Å²) < 4.78 is 7.61. The van der Waals surface area contributed by atoms with Gasteiger partial charge < -0.3 is 4.42 Å². The number of fused-ring (bicyclic) bond motifs is 2. The Balaban J connectivity index is 1.42. The van der Waals surface area contributed by atoms with Crippen LogP contribution in [0.25, 0.3) is 11.0 Å². The van der Waals surface area contributed by atoms with Crippen molar-refractivity contribution in [3.63, 3.8) is 0 Å². The van der Waals surface area contributed by atoms with Crippen molar-refractivity contribution in [2.45, 2.75) is 23.1 Å². The Morgan fingerprint density at radius 1 is 1.05 bits per heavy atom. The normalized spacial score (nSPS) is 14.9. The van der Waals surface area contributed by atoms with Gasteiger partial charge in [-0.05, 0) is 48.4 Å². The van der Waals surface area contributed by atoms with E-state index in [1.807, 2.05) is 24.3 Å². The molecule has 0 unspecified atom stereocenters. The molecule has 5 aromatic rings. The van der Waals surface area contributed by atoms with Crippen molar-refractivity contribution >= 4 is 72.6 Å². The van der Waals surface area contributed by atoms with Gasteiger partial charge in [0.25, 0.3) is 5.91 Å². The van der Waals surface area contributed by atoms with Crippen LogP contribution < -0.4 is 10.3 Å². The van der Waals surface area contributed by atoms with Crippen LogP contribution in [0.4, 0.5) is 5.13 Å². The van der Waals surface area contributed by atoms with Crippen molar-refractivity contribution in [2.75, 3.05) is 4.90 Å². The summed E-state index contributed by atoms with van der Waals surface area (Å²) in [6.45, 7) is 2.05. The summed E-state index contributed by atoms with van der Waals surface area (Å²) in [6.07, 6.45) is 0. The minimum Gasteiger partial charge on any atom is -0.450 e. The standard InChI is InChI=1S/C27H17BrClN3O3S2/c1-14-2-4-15(5-3-14)13-36-27-31-30-26(37-27)32-22(16-6-8-17(28)9-7-16)21-23(33)19-12-18(29)10-11-20(19)35-24(21)25(32)34/h2-12,22H,13H2,1H3/t22-/m0/s1. The number of thioether (sulfide) groups is 1. The van der Waals surface area contributed by atoms with Gasteiger partial charge in [-0.3, -0.25) is 14.5 Å². The van der Waals surface area contributed by atoms with Gasteiger partial charge in [-0.15, -0.1) is 10.2 Å². The van der Waals surface area contributed by atoms with E-state index in [2.05, 4.69) is 57.3 Å². The summed E-state index contributed by atoms with van der Waals surface area (Å²) in [6, 6.07) is 19.9. The number of carbonyl (C=O) groups excluding carboxylic acids is 1. The first kappa shape index (κ1) is 24.4. The fourth-order valence-corrected chi connectivity index (χ4v) is 6.55. The average Bonchev–Trinajstić information content (AvgIpc) is 3.47. The zero-order valence-corrected chi connectivity index (χ0v) is 23.2. The monoisotopic (exact) mass is 609 g/mol. The Kier molecular flexibility index (Phi) is 6.40. The fourth-order valence-electron chi connectivity index (χ4n) is 4.29. The van der Waals surface area contributed by atoms with Gasteiger partial charge in [-0.1, -0.05) is 92.6 Å². The van der Waals surface area contributed by atoms with Crippen molar-refractivity contribution in [2.24, 2.45) is 0 Å². The maximum absolute atomic E-state index is 13.7. The van der Waals surface area contributed by atoms with Crippen LogP contribution in [0.3, 0.4) is 0 Å². The number of rotatable bonds is 5. The zero-order valence-electron chi connectivity index (χ0n) is 19.3. The summed E-state index contributed by atoms with van der Waals surface area (Å²) in [4.78, 5) is 28.9. The molecule has 0 bridgehead atoms. The molecule has 1 amide bonds. The molecule has 0 N–H and O–H groups in total. The van der Waals surface area contributed by atoms with Crippen LogP contribution in [-0.2, 0) is 5.75 Å². The van der Waals surface area contributed by atoms with Crippen molar-refractivity contribution in [3.05, 3.63) is 114 Å². The Hall–Kier alpha value is -2.98. The highest BCUT2D eigenvalue weighted by Gasteiger charge is 2.45. The van der Waals surface area contributed by atoms with Gasteiger partial charge >= 0.3 is 0 Å². The Bertz CT molecular complexity index is 1720. The number of halogens is 2. The second-order valence-electron chi connectivity index (χ2n) is 8.57. The SMILES string of the molecule is Cc1ccc(CSc2nnc(N3C(=O)c4oc5ccc(Cl)cc5c(=O)c4[C@@H]3c3ccc(Br)cc3)s2)cc1. The lowest BCUT2D eigenvalue weighted by Gasteiger charge is -2.22. The number of anilines is 1. The van der Waals surface area contributed by atoms with E-state index in [9.17, 15) is 9.59 Å². The van der Waals surface area contributed by atoms with Crippen LogP contribution >= 0.6 is 50.6 Å². The molecule has 1 aliphatic heterocycles. The van der Waals surface area contributed by atoms with E-state index >= 15 is 0 Å². The van der Waals surface area contributed by atoms with E-state index < -0.39 is 11.9 Å². The topological polar surface area (TPSA) is 76.3 Å². The van der Waals surface area contributed by atoms with Crippen molar-refractivity contribution in [3.8, 4) is 0 Å². The van der Waals surface area contributed by atoms with Crippen LogP contribution in [0.2, 0.25) is 5.02 Å². The molecule has 6 rings (SSSR count). The van der Waals surface area contributed by atoms with Crippen molar-refractivity contribution in [1.29, 1.82) is 0 Å². The number of hydrogen-bond donors (Lipinski definition) is 0. The second kappa shape index (κ2) is 9.72. The maximum Gasteiger partial charge on any atom is 0.297 e. The summed E-state index contributed by atoms with van der Waals surface area (Å²) >= 11 is 12.5. The van der Waals surface area contributed by atoms with E-state index in [0.29, 0.717) is 21.1 Å². The molecule has 0 aliphatic carbocycles. The van der Waals surface area contributed by atoms with Gasteiger partial charge in [0, 0.05) is 15.2 Å². The van der Waals surface area contributed by atoms with Crippen LogP contribution in [0.15, 0.2) is 84.8 Å². The third-order valence-electron chi connectivity index (χ3n) is 6.10. The molecule has 0 saturated carbocycles. The lowest BCUT2D eigenvalue weighted by atomic mass is 9.99. The summed E-state index contributed by atoms with van der Waals surface area (Å²) in [7, 11) is 0. The molecule has 0 radical (unpaired) electrons. The number of benzene rings is 3. The van der Waals surface area contributed by atoms with E-state index in [4.69, 9.17) is 16.0 Å². The van der Waals surface area contributed by atoms with E-state index in [1.54, 1.807) is 30.0 Å². The molecule has 3 heterocycles. The van der Waals surface area contributed by atoms with Crippen LogP contribution in [0, 0.1) is 6.92 Å². The van der Waals surface area contributed by atoms with Crippen LogP contribution in [-0.4, -0.2) is 16.1 Å².